The largest absolute Gasteiger partial charge is 0.349 e. The van der Waals surface area contributed by atoms with Crippen LogP contribution in [-0.2, 0) is 4.79 Å². The molecule has 0 fully saturated rings. The lowest BCUT2D eigenvalue weighted by atomic mass is 10.0. The Bertz CT molecular complexity index is 622. The number of thioether (sulfide) groups is 1. The number of amides is 3. The van der Waals surface area contributed by atoms with Gasteiger partial charge in [-0.25, -0.2) is 0 Å². The topological polar surface area (TPSA) is 66.5 Å². The molecule has 1 aromatic carbocycles. The van der Waals surface area contributed by atoms with E-state index in [1.807, 2.05) is 27.0 Å². The van der Waals surface area contributed by atoms with Gasteiger partial charge in [0.15, 0.2) is 0 Å². The Labute approximate surface area is 147 Å². The summed E-state index contributed by atoms with van der Waals surface area (Å²) in [4.78, 5) is 39.3. The molecule has 0 aromatic heterocycles. The van der Waals surface area contributed by atoms with Crippen LogP contribution in [0.4, 0.5) is 0 Å². The van der Waals surface area contributed by atoms with E-state index < -0.39 is 6.04 Å². The second-order valence-corrected chi connectivity index (χ2v) is 7.54. The van der Waals surface area contributed by atoms with Gasteiger partial charge in [-0.3, -0.25) is 19.3 Å². The Kier molecular flexibility index (Phi) is 5.70. The van der Waals surface area contributed by atoms with Gasteiger partial charge in [0, 0.05) is 5.54 Å². The van der Waals surface area contributed by atoms with Crippen molar-refractivity contribution in [3.05, 3.63) is 35.4 Å². The number of carbonyl (C=O) groups is 3. The summed E-state index contributed by atoms with van der Waals surface area (Å²) in [6.07, 6.45) is 3.14. The molecular formula is C18H24N2O3S. The maximum atomic E-state index is 12.8. The molecule has 2 rings (SSSR count). The molecule has 5 nitrogen and oxygen atoms in total. The molecule has 130 valence electrons. The van der Waals surface area contributed by atoms with Crippen LogP contribution in [0.25, 0.3) is 0 Å². The fourth-order valence-electron chi connectivity index (χ4n) is 2.60. The Morgan fingerprint density at radius 3 is 2.21 bits per heavy atom. The van der Waals surface area contributed by atoms with Gasteiger partial charge < -0.3 is 5.32 Å². The Morgan fingerprint density at radius 2 is 1.75 bits per heavy atom. The fourth-order valence-corrected chi connectivity index (χ4v) is 3.06. The standard InChI is InChI=1S/C18H24N2O3S/c1-5-18(2,3)19-15(21)14(10-11-24-4)20-16(22)12-8-6-7-9-13(12)17(20)23/h6-9,14H,5,10-11H2,1-4H3,(H,19,21)/t14-/m0/s1. The summed E-state index contributed by atoms with van der Waals surface area (Å²) in [5.74, 6) is -0.347. The van der Waals surface area contributed by atoms with Crippen LogP contribution in [0.15, 0.2) is 24.3 Å². The lowest BCUT2D eigenvalue weighted by Gasteiger charge is -2.31. The summed E-state index contributed by atoms with van der Waals surface area (Å²) < 4.78 is 0. The smallest absolute Gasteiger partial charge is 0.262 e. The van der Waals surface area contributed by atoms with E-state index in [0.717, 1.165) is 11.3 Å². The number of hydrogen-bond donors (Lipinski definition) is 1. The van der Waals surface area contributed by atoms with Crippen molar-refractivity contribution < 1.29 is 14.4 Å². The molecule has 1 aliphatic rings. The van der Waals surface area contributed by atoms with E-state index in [-0.39, 0.29) is 23.3 Å². The van der Waals surface area contributed by atoms with Crippen molar-refractivity contribution in [3.8, 4) is 0 Å². The van der Waals surface area contributed by atoms with Crippen LogP contribution >= 0.6 is 11.8 Å². The average Bonchev–Trinajstić information content (AvgIpc) is 2.80. The third-order valence-corrected chi connectivity index (χ3v) is 5.02. The third kappa shape index (κ3) is 3.64. The monoisotopic (exact) mass is 348 g/mol. The van der Waals surface area contributed by atoms with Gasteiger partial charge in [0.1, 0.15) is 6.04 Å². The zero-order valence-electron chi connectivity index (χ0n) is 14.6. The van der Waals surface area contributed by atoms with Crippen molar-refractivity contribution in [2.75, 3.05) is 12.0 Å². The van der Waals surface area contributed by atoms with Gasteiger partial charge in [-0.2, -0.15) is 11.8 Å². The maximum Gasteiger partial charge on any atom is 0.262 e. The minimum atomic E-state index is -0.782. The zero-order valence-corrected chi connectivity index (χ0v) is 15.4. The van der Waals surface area contributed by atoms with Crippen LogP contribution in [0.1, 0.15) is 54.3 Å². The lowest BCUT2D eigenvalue weighted by molar-refractivity contribution is -0.126. The average molecular weight is 348 g/mol. The highest BCUT2D eigenvalue weighted by molar-refractivity contribution is 7.98. The maximum absolute atomic E-state index is 12.8. The van der Waals surface area contributed by atoms with Gasteiger partial charge in [0.2, 0.25) is 5.91 Å². The van der Waals surface area contributed by atoms with E-state index >= 15 is 0 Å². The molecule has 0 bridgehead atoms. The minimum Gasteiger partial charge on any atom is -0.349 e. The van der Waals surface area contributed by atoms with Crippen LogP contribution in [0, 0.1) is 0 Å². The van der Waals surface area contributed by atoms with Crippen molar-refractivity contribution in [2.24, 2.45) is 0 Å². The Hall–Kier alpha value is -1.82. The predicted octanol–water partition coefficient (Wildman–Crippen LogP) is 2.71. The molecule has 3 amide bonds. The van der Waals surface area contributed by atoms with Gasteiger partial charge in [-0.05, 0) is 50.8 Å². The Balaban J connectivity index is 2.30. The normalized spacial score (nSPS) is 15.4. The van der Waals surface area contributed by atoms with Crippen LogP contribution < -0.4 is 5.32 Å². The summed E-state index contributed by atoms with van der Waals surface area (Å²) in [7, 11) is 0. The summed E-state index contributed by atoms with van der Waals surface area (Å²) in [5.41, 5.74) is 0.367. The van der Waals surface area contributed by atoms with Crippen molar-refractivity contribution in [2.45, 2.75) is 45.2 Å². The number of hydrogen-bond acceptors (Lipinski definition) is 4. The molecule has 0 unspecified atom stereocenters. The van der Waals surface area contributed by atoms with E-state index in [2.05, 4.69) is 5.32 Å². The molecule has 0 saturated carbocycles. The summed E-state index contributed by atoms with van der Waals surface area (Å²) >= 11 is 1.59. The first-order valence-electron chi connectivity index (χ1n) is 8.10. The third-order valence-electron chi connectivity index (χ3n) is 4.38. The molecule has 6 heteroatoms. The highest BCUT2D eigenvalue weighted by Gasteiger charge is 2.42. The summed E-state index contributed by atoms with van der Waals surface area (Å²) in [5, 5.41) is 2.97. The number of benzene rings is 1. The number of nitrogens with zero attached hydrogens (tertiary/aromatic N) is 1. The molecule has 0 radical (unpaired) electrons. The quantitative estimate of drug-likeness (QED) is 0.770. The van der Waals surface area contributed by atoms with Crippen LogP contribution in [0.2, 0.25) is 0 Å². The highest BCUT2D eigenvalue weighted by Crippen LogP contribution is 2.26. The van der Waals surface area contributed by atoms with E-state index in [9.17, 15) is 14.4 Å². The first kappa shape index (κ1) is 18.5. The number of rotatable bonds is 7. The first-order chi connectivity index (χ1) is 11.3. The molecule has 0 saturated heterocycles. The van der Waals surface area contributed by atoms with Crippen molar-refractivity contribution in [1.82, 2.24) is 10.2 Å². The van der Waals surface area contributed by atoms with Gasteiger partial charge in [0.05, 0.1) is 11.1 Å². The summed E-state index contributed by atoms with van der Waals surface area (Å²) in [6.45, 7) is 5.84. The lowest BCUT2D eigenvalue weighted by Crippen LogP contribution is -2.54. The second kappa shape index (κ2) is 7.38. The van der Waals surface area contributed by atoms with E-state index in [4.69, 9.17) is 0 Å². The van der Waals surface area contributed by atoms with Crippen molar-refractivity contribution in [1.29, 1.82) is 0 Å². The zero-order chi connectivity index (χ0) is 17.9. The fraction of sp³-hybridized carbons (Fsp3) is 0.500. The molecule has 1 aliphatic heterocycles. The van der Waals surface area contributed by atoms with E-state index in [0.29, 0.717) is 23.3 Å². The molecule has 0 spiro atoms. The SMILES string of the molecule is CCC(C)(C)NC(=O)[C@H](CCSC)N1C(=O)c2ccccc2C1=O. The van der Waals surface area contributed by atoms with Crippen LogP contribution in [0.5, 0.6) is 0 Å². The number of fused-ring (bicyclic) bond motifs is 1. The van der Waals surface area contributed by atoms with E-state index in [1.165, 1.54) is 0 Å². The second-order valence-electron chi connectivity index (χ2n) is 6.55. The first-order valence-corrected chi connectivity index (χ1v) is 9.49. The minimum absolute atomic E-state index is 0.273. The molecule has 1 N–H and O–H groups in total. The number of nitrogens with one attached hydrogen (secondary N) is 1. The van der Waals surface area contributed by atoms with Gasteiger partial charge in [-0.1, -0.05) is 19.1 Å². The van der Waals surface area contributed by atoms with E-state index in [1.54, 1.807) is 36.0 Å². The molecule has 1 atom stereocenters. The van der Waals surface area contributed by atoms with Crippen molar-refractivity contribution >= 4 is 29.5 Å². The molecule has 1 aromatic rings. The van der Waals surface area contributed by atoms with Gasteiger partial charge in [-0.15, -0.1) is 0 Å². The molecular weight excluding hydrogens is 324 g/mol. The van der Waals surface area contributed by atoms with Crippen molar-refractivity contribution in [3.63, 3.8) is 0 Å². The Morgan fingerprint density at radius 1 is 1.21 bits per heavy atom. The summed E-state index contributed by atoms with van der Waals surface area (Å²) in [6, 6.07) is 5.94. The number of carbonyl (C=O) groups excluding carboxylic acids is 3. The number of imide groups is 1. The molecule has 0 aliphatic carbocycles. The van der Waals surface area contributed by atoms with Crippen LogP contribution in [0.3, 0.4) is 0 Å². The molecule has 1 heterocycles. The highest BCUT2D eigenvalue weighted by atomic mass is 32.2. The van der Waals surface area contributed by atoms with Crippen LogP contribution in [-0.4, -0.2) is 46.2 Å². The molecule has 24 heavy (non-hydrogen) atoms. The predicted molar refractivity (Wildman–Crippen MR) is 96.2 cm³/mol. The van der Waals surface area contributed by atoms with Gasteiger partial charge >= 0.3 is 0 Å². The van der Waals surface area contributed by atoms with Gasteiger partial charge in [0.25, 0.3) is 11.8 Å².